The number of fused-ring (bicyclic) bond motifs is 10. The topological polar surface area (TPSA) is 16.3 Å². The second kappa shape index (κ2) is 25.3. The number of para-hydroxylation sites is 2. The van der Waals surface area contributed by atoms with Crippen molar-refractivity contribution in [3.05, 3.63) is 252 Å². The molecule has 0 saturated heterocycles. The Balaban J connectivity index is 1.15. The van der Waals surface area contributed by atoms with E-state index in [4.69, 9.17) is 0 Å². The molecule has 5 aliphatic rings. The molecule has 4 heterocycles. The Morgan fingerprint density at radius 2 is 1.03 bits per heavy atom. The Kier molecular flexibility index (Phi) is 11.9. The molecular formula is C96H103BGe2N4. The summed E-state index contributed by atoms with van der Waals surface area (Å²) in [6.45, 7) is 18.2. The average Bonchev–Trinajstić information content (AvgIpc) is 1.60. The molecule has 12 aromatic rings. The molecule has 17 rings (SSSR count). The molecule has 0 bridgehead atoms. The second-order valence-corrected chi connectivity index (χ2v) is 55.7. The van der Waals surface area contributed by atoms with E-state index >= 15 is 0 Å². The van der Waals surface area contributed by atoms with Crippen LogP contribution in [0.1, 0.15) is 152 Å². The second-order valence-electron chi connectivity index (χ2n) is 34.7. The minimum atomic E-state index is -3.45. The number of hydrogen-bond donors (Lipinski definition) is 0. The van der Waals surface area contributed by atoms with Gasteiger partial charge in [-0.25, -0.2) is 0 Å². The molecule has 0 radical (unpaired) electrons. The third-order valence-corrected chi connectivity index (χ3v) is 30.0. The van der Waals surface area contributed by atoms with E-state index in [1.807, 2.05) is 100 Å². The van der Waals surface area contributed by atoms with Gasteiger partial charge in [0, 0.05) is 0 Å². The van der Waals surface area contributed by atoms with Gasteiger partial charge in [-0.15, -0.1) is 0 Å². The van der Waals surface area contributed by atoms with Crippen molar-refractivity contribution in [3.63, 3.8) is 0 Å². The molecule has 10 aromatic carbocycles. The normalized spacial score (nSPS) is 21.4. The summed E-state index contributed by atoms with van der Waals surface area (Å²) in [5, 5.41) is -0.417. The Bertz CT molecular complexity index is 6650. The summed E-state index contributed by atoms with van der Waals surface area (Å²) in [6, 6.07) is 17.8. The van der Waals surface area contributed by atoms with Crippen LogP contribution >= 0.6 is 0 Å². The summed E-state index contributed by atoms with van der Waals surface area (Å²) in [4.78, 5) is 4.28. The van der Waals surface area contributed by atoms with Crippen molar-refractivity contribution >= 4 is 130 Å². The van der Waals surface area contributed by atoms with Crippen LogP contribution in [0.15, 0.2) is 241 Å². The van der Waals surface area contributed by atoms with E-state index in [9.17, 15) is 27.4 Å². The van der Waals surface area contributed by atoms with Gasteiger partial charge < -0.3 is 0 Å². The molecule has 3 aliphatic carbocycles. The SMILES string of the molecule is [2H]c1c([2H])c(-n2c3c([2H])c([2H])c([2H])c([2H])c3c3c([2H])[c]([Ge]([CH3])([CH3])[CH3])c([2H])c([2H])c32)c([2H])c2c1B1c3c(cc(C(C)(C)C)cc3N(C3C(C4CC=CCC4)=CC(C(C)(C)C)CC3C3=CCCCC3)c3c([2H])c(-n4c5c([2H])c([2H])c([2H])c([2H])c5c5c([2H])[c]([Ge]([CH3])([CH3])[CH3])c([2H])c([2H])c54)c([2H])c([2H])c31)N2c1c(-c2ccccc2)cc(C(C)(C)C)cc1-c1ccccc1. The molecule has 2 aromatic heterocycles. The van der Waals surface area contributed by atoms with E-state index in [1.165, 1.54) is 14.7 Å². The fourth-order valence-electron chi connectivity index (χ4n) is 16.9. The molecule has 0 amide bonds. The first-order chi connectivity index (χ1) is 57.7. The zero-order chi connectivity index (χ0) is 88.8. The minimum Gasteiger partial charge on any atom is -0.0622 e. The zero-order valence-corrected chi connectivity index (χ0v) is 66.4. The number of hydrogen-bond acceptors (Lipinski definition) is 2. The van der Waals surface area contributed by atoms with Gasteiger partial charge in [0.15, 0.2) is 0 Å². The van der Waals surface area contributed by atoms with Crippen molar-refractivity contribution in [2.45, 2.75) is 165 Å². The Morgan fingerprint density at radius 3 is 1.54 bits per heavy atom. The summed E-state index contributed by atoms with van der Waals surface area (Å²) in [5.41, 5.74) is 5.75. The zero-order valence-electron chi connectivity index (χ0n) is 82.2. The van der Waals surface area contributed by atoms with E-state index in [-0.39, 0.29) is 119 Å². The third-order valence-electron chi connectivity index (χ3n) is 22.6. The van der Waals surface area contributed by atoms with Gasteiger partial charge in [-0.3, -0.25) is 0 Å². The van der Waals surface area contributed by atoms with Crippen molar-refractivity contribution in [1.29, 1.82) is 0 Å². The summed E-state index contributed by atoms with van der Waals surface area (Å²) in [5.74, 6) is 11.5. The van der Waals surface area contributed by atoms with Gasteiger partial charge in [-0.2, -0.15) is 0 Å². The van der Waals surface area contributed by atoms with Crippen LogP contribution in [0, 0.1) is 23.2 Å². The van der Waals surface area contributed by atoms with Crippen molar-refractivity contribution in [3.8, 4) is 33.6 Å². The quantitative estimate of drug-likeness (QED) is 0.100. The standard InChI is InChI=1S/C96H103BGe2N4/c1-94(2,3)66-52-75(62-32-20-16-21-33-62)92(76(53-66)63-34-22-17-23-35-63)102-87-60-71(100-83-42-30-28-40-73(83)79-58-69(98(10,11)12)44-50-85(79)100)46-48-81(87)97-82-49-47-72(101-84-43-31-29-41-74(84)80-59-70(99(13,14)15)45-51-86(80)101)61-88(82)103(90-57-68(96(7,8)9)56-89(102)91(90)97)93-77(64-36-24-18-25-37-64)54-67(95(4,5)6)55-78(93)65-38-26-19-27-39-65/h16-18,20-24,28-35,38,40-54,56-61,64,67,78,93H,19,25-27,36-37,39,55H2,1-15H3/i28D,29D,30D,31D,40D,41D,42D,43D,44D,45D,46D,47D,48D,49D,50D,51D,58D,59D,60D,61D. The van der Waals surface area contributed by atoms with Crippen molar-refractivity contribution in [2.24, 2.45) is 23.2 Å². The molecule has 7 heteroatoms. The van der Waals surface area contributed by atoms with Crippen LogP contribution in [0.2, 0.25) is 34.5 Å². The molecule has 4 atom stereocenters. The van der Waals surface area contributed by atoms with Gasteiger partial charge in [0.1, 0.15) is 0 Å². The van der Waals surface area contributed by atoms with Crippen LogP contribution in [0.5, 0.6) is 0 Å². The predicted octanol–water partition coefficient (Wildman–Crippen LogP) is 23.5. The molecular weight excluding hydrogens is 1370 g/mol. The summed E-state index contributed by atoms with van der Waals surface area (Å²) >= 11 is -6.88. The molecule has 0 spiro atoms. The van der Waals surface area contributed by atoms with Gasteiger partial charge in [-0.1, -0.05) is 141 Å². The van der Waals surface area contributed by atoms with E-state index < -0.39 is 152 Å². The van der Waals surface area contributed by atoms with Crippen LogP contribution in [0.4, 0.5) is 28.4 Å². The Morgan fingerprint density at radius 1 is 0.505 bits per heavy atom. The number of aromatic nitrogens is 2. The summed E-state index contributed by atoms with van der Waals surface area (Å²) in [6.07, 6.45) is 15.7. The minimum absolute atomic E-state index is 0.00790. The Hall–Kier alpha value is -8.23. The molecule has 518 valence electrons. The third kappa shape index (κ3) is 11.7. The average molecular weight is 1490 g/mol. The smallest absolute Gasteiger partial charge is 0.0622 e. The molecule has 103 heavy (non-hydrogen) atoms. The van der Waals surface area contributed by atoms with Crippen LogP contribution < -0.4 is 35.0 Å². The van der Waals surface area contributed by atoms with Gasteiger partial charge in [0.05, 0.1) is 0 Å². The Labute approximate surface area is 647 Å². The number of benzene rings is 10. The molecule has 4 nitrogen and oxygen atoms in total. The van der Waals surface area contributed by atoms with Gasteiger partial charge in [0.2, 0.25) is 0 Å². The summed E-state index contributed by atoms with van der Waals surface area (Å²) < 4.78 is 211. The van der Waals surface area contributed by atoms with Crippen LogP contribution in [-0.2, 0) is 10.8 Å². The predicted molar refractivity (Wildman–Crippen MR) is 453 cm³/mol. The maximum absolute atomic E-state index is 12.0. The van der Waals surface area contributed by atoms with Gasteiger partial charge in [0.25, 0.3) is 0 Å². The van der Waals surface area contributed by atoms with E-state index in [1.54, 1.807) is 0 Å². The fourth-order valence-corrected chi connectivity index (χ4v) is 20.9. The monoisotopic (exact) mass is 1490 g/mol. The van der Waals surface area contributed by atoms with Crippen molar-refractivity contribution in [1.82, 2.24) is 9.13 Å². The first-order valence-electron chi connectivity index (χ1n) is 47.2. The molecule has 0 fully saturated rings. The van der Waals surface area contributed by atoms with E-state index in [0.29, 0.717) is 55.3 Å². The molecule has 4 unspecified atom stereocenters. The maximum atomic E-state index is 12.0. The number of nitrogens with zero attached hydrogens (tertiary/aromatic N) is 4. The molecule has 0 saturated carbocycles. The van der Waals surface area contributed by atoms with Gasteiger partial charge >= 0.3 is 437 Å². The van der Waals surface area contributed by atoms with E-state index in [0.717, 1.165) is 66.4 Å². The molecule has 0 N–H and O–H groups in total. The first kappa shape index (κ1) is 48.7. The van der Waals surface area contributed by atoms with E-state index in [2.05, 4.69) is 116 Å². The fraction of sp³-hybridized carbons (Fsp3) is 0.312. The van der Waals surface area contributed by atoms with Crippen LogP contribution in [0.3, 0.4) is 0 Å². The first-order valence-corrected chi connectivity index (χ1v) is 51.8. The number of rotatable bonds is 10. The van der Waals surface area contributed by atoms with Crippen molar-refractivity contribution < 1.29 is 27.4 Å². The molecule has 2 aliphatic heterocycles. The van der Waals surface area contributed by atoms with Gasteiger partial charge in [-0.05, 0) is 72.7 Å². The number of anilines is 5. The number of allylic oxidation sites excluding steroid dienone is 4. The van der Waals surface area contributed by atoms with Crippen LogP contribution in [0.25, 0.3) is 77.2 Å². The summed E-state index contributed by atoms with van der Waals surface area (Å²) in [7, 11) is 0. The van der Waals surface area contributed by atoms with Crippen LogP contribution in [-0.4, -0.2) is 48.4 Å². The van der Waals surface area contributed by atoms with Crippen molar-refractivity contribution in [2.75, 3.05) is 9.80 Å².